The van der Waals surface area contributed by atoms with Crippen molar-refractivity contribution >= 4 is 12.0 Å². The van der Waals surface area contributed by atoms with Crippen LogP contribution in [0.5, 0.6) is 0 Å². The van der Waals surface area contributed by atoms with E-state index in [9.17, 15) is 4.79 Å². The molecule has 2 rings (SSSR count). The van der Waals surface area contributed by atoms with Crippen LogP contribution < -0.4 is 5.32 Å². The number of amides is 1. The molecule has 0 radical (unpaired) electrons. The zero-order valence-corrected chi connectivity index (χ0v) is 12.0. The molecule has 1 aromatic carbocycles. The van der Waals surface area contributed by atoms with E-state index in [0.29, 0.717) is 11.3 Å². The molecule has 0 aliphatic carbocycles. The minimum Gasteiger partial charge on any atom is -0.444 e. The van der Waals surface area contributed by atoms with E-state index >= 15 is 0 Å². The Morgan fingerprint density at radius 2 is 2.00 bits per heavy atom. The molecule has 7 nitrogen and oxygen atoms in total. The van der Waals surface area contributed by atoms with Crippen molar-refractivity contribution in [1.29, 1.82) is 5.26 Å². The lowest BCUT2D eigenvalue weighted by Crippen LogP contribution is -2.28. The van der Waals surface area contributed by atoms with Gasteiger partial charge in [0.2, 0.25) is 5.95 Å². The van der Waals surface area contributed by atoms with Crippen LogP contribution in [0.4, 0.5) is 10.7 Å². The average Bonchev–Trinajstić information content (AvgIpc) is 2.84. The summed E-state index contributed by atoms with van der Waals surface area (Å²) >= 11 is 0. The van der Waals surface area contributed by atoms with Crippen molar-refractivity contribution in [1.82, 2.24) is 14.8 Å². The lowest BCUT2D eigenvalue weighted by Gasteiger charge is -2.19. The summed E-state index contributed by atoms with van der Waals surface area (Å²) in [6, 6.07) is 8.79. The van der Waals surface area contributed by atoms with Crippen LogP contribution in [0.2, 0.25) is 0 Å². The van der Waals surface area contributed by atoms with Crippen molar-refractivity contribution < 1.29 is 9.53 Å². The topological polar surface area (TPSA) is 92.8 Å². The Hall–Kier alpha value is -2.88. The molecule has 0 unspecified atom stereocenters. The Morgan fingerprint density at radius 1 is 1.33 bits per heavy atom. The first-order chi connectivity index (χ1) is 9.89. The van der Waals surface area contributed by atoms with Crippen molar-refractivity contribution in [2.75, 3.05) is 5.32 Å². The molecule has 0 saturated carbocycles. The minimum absolute atomic E-state index is 0.244. The van der Waals surface area contributed by atoms with Crippen LogP contribution in [0.1, 0.15) is 26.3 Å². The summed E-state index contributed by atoms with van der Waals surface area (Å²) in [7, 11) is 0. The summed E-state index contributed by atoms with van der Waals surface area (Å²) in [5.41, 5.74) is 0.627. The predicted octanol–water partition coefficient (Wildman–Crippen LogP) is 2.49. The molecule has 0 aliphatic heterocycles. The van der Waals surface area contributed by atoms with Gasteiger partial charge in [-0.2, -0.15) is 20.0 Å². The zero-order chi connectivity index (χ0) is 15.5. The smallest absolute Gasteiger partial charge is 0.414 e. The largest absolute Gasteiger partial charge is 0.444 e. The highest BCUT2D eigenvalue weighted by Gasteiger charge is 2.18. The number of hydrogen-bond acceptors (Lipinski definition) is 5. The second-order valence-electron chi connectivity index (χ2n) is 5.28. The van der Waals surface area contributed by atoms with Gasteiger partial charge in [0.25, 0.3) is 0 Å². The molecule has 0 saturated heterocycles. The second-order valence-corrected chi connectivity index (χ2v) is 5.28. The number of carbonyl (C=O) groups excluding carboxylic acids is 1. The molecule has 1 amide bonds. The van der Waals surface area contributed by atoms with E-state index in [2.05, 4.69) is 15.4 Å². The molecule has 2 aromatic rings. The number of ether oxygens (including phenoxy) is 1. The fourth-order valence-corrected chi connectivity index (χ4v) is 1.59. The number of nitriles is 1. The zero-order valence-electron chi connectivity index (χ0n) is 12.0. The summed E-state index contributed by atoms with van der Waals surface area (Å²) in [6.45, 7) is 5.33. The molecule has 1 heterocycles. The van der Waals surface area contributed by atoms with Crippen LogP contribution in [-0.2, 0) is 4.74 Å². The van der Waals surface area contributed by atoms with Gasteiger partial charge >= 0.3 is 6.09 Å². The highest BCUT2D eigenvalue weighted by atomic mass is 16.6. The van der Waals surface area contributed by atoms with Crippen molar-refractivity contribution in [3.8, 4) is 11.8 Å². The Kier molecular flexibility index (Phi) is 3.89. The first-order valence-corrected chi connectivity index (χ1v) is 6.29. The Balaban J connectivity index is 2.18. The van der Waals surface area contributed by atoms with Gasteiger partial charge in [-0.25, -0.2) is 4.79 Å². The maximum absolute atomic E-state index is 11.8. The molecule has 0 bridgehead atoms. The van der Waals surface area contributed by atoms with Crippen molar-refractivity contribution in [2.45, 2.75) is 26.4 Å². The number of benzene rings is 1. The lowest BCUT2D eigenvalue weighted by atomic mass is 10.2. The van der Waals surface area contributed by atoms with E-state index in [-0.39, 0.29) is 5.95 Å². The SMILES string of the molecule is CC(C)(C)OC(=O)Nc1ncnn1-c1ccc(C#N)cc1. The Morgan fingerprint density at radius 3 is 2.57 bits per heavy atom. The van der Waals surface area contributed by atoms with E-state index in [1.807, 2.05) is 6.07 Å². The molecule has 21 heavy (non-hydrogen) atoms. The highest BCUT2D eigenvalue weighted by molar-refractivity contribution is 5.82. The average molecular weight is 285 g/mol. The third-order valence-electron chi connectivity index (χ3n) is 2.40. The number of nitrogens with one attached hydrogen (secondary N) is 1. The van der Waals surface area contributed by atoms with Crippen molar-refractivity contribution in [3.63, 3.8) is 0 Å². The fraction of sp³-hybridized carbons (Fsp3) is 0.286. The fourth-order valence-electron chi connectivity index (χ4n) is 1.59. The number of aromatic nitrogens is 3. The Labute approximate surface area is 122 Å². The van der Waals surface area contributed by atoms with E-state index in [1.165, 1.54) is 11.0 Å². The first-order valence-electron chi connectivity index (χ1n) is 6.29. The number of anilines is 1. The molecule has 0 fully saturated rings. The van der Waals surface area contributed by atoms with Gasteiger partial charge in [-0.1, -0.05) is 0 Å². The molecule has 108 valence electrons. The van der Waals surface area contributed by atoms with Crippen LogP contribution in [0.25, 0.3) is 5.69 Å². The third-order valence-corrected chi connectivity index (χ3v) is 2.40. The standard InChI is InChI=1S/C14H15N5O2/c1-14(2,3)21-13(20)18-12-16-9-17-19(12)11-6-4-10(8-15)5-7-11/h4-7,9H,1-3H3,(H,16,17,18,20). The number of hydrogen-bond donors (Lipinski definition) is 1. The summed E-state index contributed by atoms with van der Waals surface area (Å²) in [5, 5.41) is 15.4. The molecule has 1 aromatic heterocycles. The van der Waals surface area contributed by atoms with Gasteiger partial charge in [-0.3, -0.25) is 5.32 Å². The number of nitrogens with zero attached hydrogens (tertiary/aromatic N) is 4. The molecule has 0 aliphatic rings. The normalized spacial score (nSPS) is 10.8. The van der Waals surface area contributed by atoms with Crippen molar-refractivity contribution in [3.05, 3.63) is 36.2 Å². The van der Waals surface area contributed by atoms with Crippen LogP contribution in [0.15, 0.2) is 30.6 Å². The van der Waals surface area contributed by atoms with Gasteiger partial charge in [0.15, 0.2) is 0 Å². The van der Waals surface area contributed by atoms with Crippen LogP contribution >= 0.6 is 0 Å². The second kappa shape index (κ2) is 5.63. The van der Waals surface area contributed by atoms with E-state index in [1.54, 1.807) is 45.0 Å². The van der Waals surface area contributed by atoms with Gasteiger partial charge in [-0.15, -0.1) is 0 Å². The van der Waals surface area contributed by atoms with Gasteiger partial charge in [0.05, 0.1) is 17.3 Å². The predicted molar refractivity (Wildman–Crippen MR) is 75.9 cm³/mol. The number of rotatable bonds is 2. The molecule has 1 N–H and O–H groups in total. The van der Waals surface area contributed by atoms with Crippen LogP contribution in [0.3, 0.4) is 0 Å². The highest BCUT2D eigenvalue weighted by Crippen LogP contribution is 2.14. The summed E-state index contributed by atoms with van der Waals surface area (Å²) < 4.78 is 6.61. The third kappa shape index (κ3) is 3.79. The van der Waals surface area contributed by atoms with E-state index < -0.39 is 11.7 Å². The maximum Gasteiger partial charge on any atom is 0.414 e. The van der Waals surface area contributed by atoms with E-state index in [0.717, 1.165) is 0 Å². The van der Waals surface area contributed by atoms with Crippen molar-refractivity contribution in [2.24, 2.45) is 0 Å². The molecule has 0 spiro atoms. The summed E-state index contributed by atoms with van der Waals surface area (Å²) in [5.74, 6) is 0.244. The maximum atomic E-state index is 11.8. The number of carbonyl (C=O) groups is 1. The summed E-state index contributed by atoms with van der Waals surface area (Å²) in [6.07, 6.45) is 0.718. The van der Waals surface area contributed by atoms with Gasteiger partial charge in [0.1, 0.15) is 11.9 Å². The van der Waals surface area contributed by atoms with Gasteiger partial charge in [-0.05, 0) is 45.0 Å². The minimum atomic E-state index is -0.606. The lowest BCUT2D eigenvalue weighted by molar-refractivity contribution is 0.0634. The monoisotopic (exact) mass is 285 g/mol. The quantitative estimate of drug-likeness (QED) is 0.915. The van der Waals surface area contributed by atoms with Gasteiger partial charge in [0, 0.05) is 0 Å². The molecule has 7 heteroatoms. The van der Waals surface area contributed by atoms with E-state index in [4.69, 9.17) is 10.00 Å². The first kappa shape index (κ1) is 14.5. The molecule has 0 atom stereocenters. The Bertz CT molecular complexity index is 677. The van der Waals surface area contributed by atoms with Gasteiger partial charge < -0.3 is 4.74 Å². The molecular formula is C14H15N5O2. The van der Waals surface area contributed by atoms with Crippen LogP contribution in [-0.4, -0.2) is 26.5 Å². The summed E-state index contributed by atoms with van der Waals surface area (Å²) in [4.78, 5) is 15.7. The van der Waals surface area contributed by atoms with Crippen LogP contribution in [0, 0.1) is 11.3 Å². The molecular weight excluding hydrogens is 270 g/mol.